The number of piperidine rings is 1. The van der Waals surface area contributed by atoms with Crippen LogP contribution in [0, 0.1) is 16.7 Å². The van der Waals surface area contributed by atoms with E-state index in [9.17, 15) is 4.79 Å². The number of thioether (sulfide) groups is 1. The number of nitrogens with one attached hydrogen (secondary N) is 1. The zero-order valence-corrected chi connectivity index (χ0v) is 16.3. The first-order valence-corrected chi connectivity index (χ1v) is 10.7. The summed E-state index contributed by atoms with van der Waals surface area (Å²) in [7, 11) is 0. The highest BCUT2D eigenvalue weighted by Crippen LogP contribution is 2.53. The molecule has 4 heteroatoms. The van der Waals surface area contributed by atoms with Crippen LogP contribution in [-0.4, -0.2) is 41.7 Å². The van der Waals surface area contributed by atoms with Gasteiger partial charge in [0.25, 0.3) is 5.91 Å². The van der Waals surface area contributed by atoms with E-state index in [1.807, 2.05) is 11.8 Å². The van der Waals surface area contributed by atoms with Crippen molar-refractivity contribution in [3.05, 3.63) is 11.0 Å². The Morgan fingerprint density at radius 2 is 2.00 bits per heavy atom. The number of nitrogens with zero attached hydrogens (tertiary/aromatic N) is 1. The Labute approximate surface area is 151 Å². The lowest BCUT2D eigenvalue weighted by molar-refractivity contribution is -0.128. The molecule has 3 aliphatic heterocycles. The van der Waals surface area contributed by atoms with Crippen LogP contribution in [0.25, 0.3) is 0 Å². The van der Waals surface area contributed by atoms with Gasteiger partial charge in [0.2, 0.25) is 0 Å². The van der Waals surface area contributed by atoms with Gasteiger partial charge in [-0.05, 0) is 73.8 Å². The second kappa shape index (κ2) is 6.05. The van der Waals surface area contributed by atoms with Crippen LogP contribution in [0.1, 0.15) is 59.3 Å². The highest BCUT2D eigenvalue weighted by atomic mass is 32.2. The van der Waals surface area contributed by atoms with Crippen LogP contribution in [0.4, 0.5) is 0 Å². The zero-order chi connectivity index (χ0) is 16.9. The molecular formula is C20H32N2OS. The Hall–Kier alpha value is -0.480. The van der Waals surface area contributed by atoms with Gasteiger partial charge in [0, 0.05) is 23.4 Å². The fourth-order valence-electron chi connectivity index (χ4n) is 6.00. The summed E-state index contributed by atoms with van der Waals surface area (Å²) in [4.78, 5) is 15.4. The normalized spacial score (nSPS) is 39.1. The Morgan fingerprint density at radius 1 is 1.25 bits per heavy atom. The van der Waals surface area contributed by atoms with Crippen LogP contribution >= 0.6 is 11.8 Å². The molecule has 1 aliphatic carbocycles. The summed E-state index contributed by atoms with van der Waals surface area (Å²) < 4.78 is 0. The number of fused-ring (bicyclic) bond motifs is 2. The van der Waals surface area contributed by atoms with Crippen molar-refractivity contribution in [3.8, 4) is 0 Å². The molecular weight excluding hydrogens is 316 g/mol. The predicted molar refractivity (Wildman–Crippen MR) is 101 cm³/mol. The highest BCUT2D eigenvalue weighted by molar-refractivity contribution is 8.03. The Kier molecular flexibility index (Phi) is 4.28. The summed E-state index contributed by atoms with van der Waals surface area (Å²) in [6.45, 7) is 10.4. The summed E-state index contributed by atoms with van der Waals surface area (Å²) in [5, 5.41) is 6.29. The van der Waals surface area contributed by atoms with Crippen LogP contribution in [0.15, 0.2) is 11.0 Å². The van der Waals surface area contributed by atoms with Crippen molar-refractivity contribution in [2.45, 2.75) is 70.6 Å². The van der Waals surface area contributed by atoms with Crippen LogP contribution in [0.3, 0.4) is 0 Å². The van der Waals surface area contributed by atoms with E-state index in [4.69, 9.17) is 0 Å². The molecule has 4 aliphatic rings. The number of amides is 1. The molecule has 3 unspecified atom stereocenters. The van der Waals surface area contributed by atoms with E-state index in [0.29, 0.717) is 28.0 Å². The van der Waals surface area contributed by atoms with Crippen molar-refractivity contribution < 1.29 is 4.79 Å². The van der Waals surface area contributed by atoms with Gasteiger partial charge < -0.3 is 10.2 Å². The minimum absolute atomic E-state index is 0.336. The number of carbonyl (C=O) groups excluding carboxylic acids is 1. The molecule has 1 saturated carbocycles. The van der Waals surface area contributed by atoms with Gasteiger partial charge >= 0.3 is 0 Å². The van der Waals surface area contributed by atoms with Gasteiger partial charge in [-0.2, -0.15) is 0 Å². The third-order valence-corrected chi connectivity index (χ3v) is 7.99. The number of hydrogen-bond donors (Lipinski definition) is 1. The lowest BCUT2D eigenvalue weighted by Crippen LogP contribution is -2.38. The average molecular weight is 349 g/mol. The van der Waals surface area contributed by atoms with Crippen LogP contribution in [0.5, 0.6) is 0 Å². The van der Waals surface area contributed by atoms with Gasteiger partial charge in [0.1, 0.15) is 0 Å². The molecule has 3 fully saturated rings. The molecule has 134 valence electrons. The Balaban J connectivity index is 1.42. The summed E-state index contributed by atoms with van der Waals surface area (Å²) in [5.74, 6) is 1.14. The van der Waals surface area contributed by atoms with E-state index in [0.717, 1.165) is 37.5 Å². The number of carbonyl (C=O) groups is 1. The monoisotopic (exact) mass is 348 g/mol. The third kappa shape index (κ3) is 3.16. The fourth-order valence-corrected chi connectivity index (χ4v) is 7.30. The van der Waals surface area contributed by atoms with Crippen LogP contribution in [-0.2, 0) is 4.79 Å². The summed E-state index contributed by atoms with van der Waals surface area (Å²) in [6, 6.07) is 0.468. The Bertz CT molecular complexity index is 552. The molecule has 0 aromatic rings. The SMILES string of the molecule is CC1(C)CC2CC(C)(CN2C(=O)C2=CSC(C3CCNCC3)C2)C1. The van der Waals surface area contributed by atoms with Gasteiger partial charge in [-0.3, -0.25) is 4.79 Å². The molecule has 2 saturated heterocycles. The number of hydrogen-bond acceptors (Lipinski definition) is 3. The van der Waals surface area contributed by atoms with E-state index in [1.54, 1.807) is 0 Å². The second-order valence-corrected chi connectivity index (χ2v) is 10.9. The van der Waals surface area contributed by atoms with Crippen molar-refractivity contribution >= 4 is 17.7 Å². The minimum Gasteiger partial charge on any atom is -0.335 e. The maximum absolute atomic E-state index is 13.2. The van der Waals surface area contributed by atoms with Crippen molar-refractivity contribution in [2.75, 3.05) is 19.6 Å². The van der Waals surface area contributed by atoms with Crippen molar-refractivity contribution in [2.24, 2.45) is 16.7 Å². The molecule has 1 N–H and O–H groups in total. The first-order valence-electron chi connectivity index (χ1n) is 9.72. The van der Waals surface area contributed by atoms with Gasteiger partial charge in [0.05, 0.1) is 0 Å². The quantitative estimate of drug-likeness (QED) is 0.824. The lowest BCUT2D eigenvalue weighted by Gasteiger charge is -2.39. The van der Waals surface area contributed by atoms with Gasteiger partial charge in [-0.15, -0.1) is 11.8 Å². The Morgan fingerprint density at radius 3 is 2.75 bits per heavy atom. The molecule has 3 nitrogen and oxygen atoms in total. The summed E-state index contributed by atoms with van der Waals surface area (Å²) in [6.07, 6.45) is 7.17. The molecule has 2 bridgehead atoms. The molecule has 24 heavy (non-hydrogen) atoms. The molecule has 0 aromatic carbocycles. The molecule has 1 amide bonds. The largest absolute Gasteiger partial charge is 0.335 e. The van der Waals surface area contributed by atoms with Gasteiger partial charge in [-0.1, -0.05) is 20.8 Å². The predicted octanol–water partition coefficient (Wildman–Crippen LogP) is 3.80. The number of rotatable bonds is 2. The van der Waals surface area contributed by atoms with Crippen LogP contribution in [0.2, 0.25) is 0 Å². The topological polar surface area (TPSA) is 32.3 Å². The van der Waals surface area contributed by atoms with E-state index < -0.39 is 0 Å². The van der Waals surface area contributed by atoms with Crippen molar-refractivity contribution in [1.29, 1.82) is 0 Å². The van der Waals surface area contributed by atoms with E-state index >= 15 is 0 Å². The smallest absolute Gasteiger partial charge is 0.250 e. The fraction of sp³-hybridized carbons (Fsp3) is 0.850. The third-order valence-electron chi connectivity index (χ3n) is 6.67. The molecule has 0 radical (unpaired) electrons. The first-order chi connectivity index (χ1) is 11.4. The lowest BCUT2D eigenvalue weighted by atomic mass is 9.65. The first kappa shape index (κ1) is 17.0. The van der Waals surface area contributed by atoms with Crippen molar-refractivity contribution in [3.63, 3.8) is 0 Å². The standard InChI is InChI=1S/C20H32N2OS/c1-19(2)9-16-10-20(3,12-19)13-22(16)18(23)15-8-17(24-11-15)14-4-6-21-7-5-14/h11,14,16-17,21H,4-10,12-13H2,1-3H3. The van der Waals surface area contributed by atoms with E-state index in [-0.39, 0.29) is 0 Å². The molecule has 4 rings (SSSR count). The average Bonchev–Trinajstić information content (AvgIpc) is 3.09. The summed E-state index contributed by atoms with van der Waals surface area (Å²) >= 11 is 1.93. The zero-order valence-electron chi connectivity index (χ0n) is 15.4. The van der Waals surface area contributed by atoms with Gasteiger partial charge in [0.15, 0.2) is 0 Å². The maximum atomic E-state index is 13.2. The molecule has 0 aromatic heterocycles. The second-order valence-electron chi connectivity index (χ2n) is 9.76. The van der Waals surface area contributed by atoms with E-state index in [2.05, 4.69) is 36.4 Å². The molecule has 3 heterocycles. The number of likely N-dealkylation sites (tertiary alicyclic amines) is 1. The van der Waals surface area contributed by atoms with Crippen LogP contribution < -0.4 is 5.32 Å². The van der Waals surface area contributed by atoms with E-state index in [1.165, 1.54) is 32.1 Å². The highest BCUT2D eigenvalue weighted by Gasteiger charge is 2.51. The van der Waals surface area contributed by atoms with Crippen molar-refractivity contribution in [1.82, 2.24) is 10.2 Å². The van der Waals surface area contributed by atoms with Gasteiger partial charge in [-0.25, -0.2) is 0 Å². The maximum Gasteiger partial charge on any atom is 0.250 e. The molecule has 3 atom stereocenters. The molecule has 0 spiro atoms. The minimum atomic E-state index is 0.336. The summed E-state index contributed by atoms with van der Waals surface area (Å²) in [5.41, 5.74) is 1.81.